The largest absolute Gasteiger partial charge is 0.481 e. The molecule has 3 fully saturated rings. The highest BCUT2D eigenvalue weighted by atomic mass is 16.4. The van der Waals surface area contributed by atoms with Crippen LogP contribution in [-0.2, 0) is 9.59 Å². The van der Waals surface area contributed by atoms with Gasteiger partial charge < -0.3 is 10.4 Å². The van der Waals surface area contributed by atoms with Crippen LogP contribution in [0.4, 0.5) is 0 Å². The number of rotatable bonds is 3. The average molecular weight is 275 g/mol. The summed E-state index contributed by atoms with van der Waals surface area (Å²) in [5.41, 5.74) is 0. The molecule has 108 valence electrons. The quantitative estimate of drug-likeness (QED) is 0.772. The third-order valence-corrected chi connectivity index (χ3v) is 6.11. The van der Waals surface area contributed by atoms with E-state index < -0.39 is 11.9 Å². The number of amides is 1. The fourth-order valence-electron chi connectivity index (χ4n) is 5.22. The summed E-state index contributed by atoms with van der Waals surface area (Å²) in [4.78, 5) is 24.0. The molecule has 0 aromatic rings. The van der Waals surface area contributed by atoms with Crippen LogP contribution in [0.25, 0.3) is 0 Å². The number of hydrogen-bond donors (Lipinski definition) is 2. The first-order valence-corrected chi connectivity index (χ1v) is 7.85. The number of aliphatic carboxylic acids is 1. The molecule has 1 amide bonds. The van der Waals surface area contributed by atoms with Crippen LogP contribution in [0.3, 0.4) is 0 Å². The molecule has 3 saturated carbocycles. The number of carboxylic acid groups (broad SMARTS) is 1. The summed E-state index contributed by atoms with van der Waals surface area (Å²) in [6.45, 7) is 0. The van der Waals surface area contributed by atoms with Crippen molar-refractivity contribution in [2.45, 2.75) is 38.1 Å². The molecule has 4 aliphatic carbocycles. The number of carbonyl (C=O) groups excluding carboxylic acids is 1. The van der Waals surface area contributed by atoms with Gasteiger partial charge in [0.15, 0.2) is 0 Å². The van der Waals surface area contributed by atoms with Crippen molar-refractivity contribution in [1.29, 1.82) is 0 Å². The van der Waals surface area contributed by atoms with Crippen molar-refractivity contribution in [3.63, 3.8) is 0 Å². The van der Waals surface area contributed by atoms with Gasteiger partial charge in [-0.05, 0) is 49.4 Å². The Morgan fingerprint density at radius 1 is 1.00 bits per heavy atom. The van der Waals surface area contributed by atoms with Crippen molar-refractivity contribution < 1.29 is 14.7 Å². The van der Waals surface area contributed by atoms with Gasteiger partial charge in [-0.15, -0.1) is 0 Å². The van der Waals surface area contributed by atoms with Gasteiger partial charge in [-0.25, -0.2) is 0 Å². The van der Waals surface area contributed by atoms with E-state index >= 15 is 0 Å². The molecule has 4 nitrogen and oxygen atoms in total. The molecule has 0 aromatic carbocycles. The molecule has 7 atom stereocenters. The van der Waals surface area contributed by atoms with Crippen LogP contribution in [0.2, 0.25) is 0 Å². The van der Waals surface area contributed by atoms with Crippen molar-refractivity contribution in [1.82, 2.24) is 5.32 Å². The Morgan fingerprint density at radius 2 is 1.75 bits per heavy atom. The Kier molecular flexibility index (Phi) is 2.69. The first-order chi connectivity index (χ1) is 9.63. The van der Waals surface area contributed by atoms with E-state index in [1.165, 1.54) is 19.3 Å². The zero-order valence-corrected chi connectivity index (χ0v) is 11.5. The van der Waals surface area contributed by atoms with Gasteiger partial charge in [0.1, 0.15) is 0 Å². The van der Waals surface area contributed by atoms with Crippen molar-refractivity contribution in [3.05, 3.63) is 12.2 Å². The van der Waals surface area contributed by atoms with Crippen LogP contribution in [0, 0.1) is 35.5 Å². The summed E-state index contributed by atoms with van der Waals surface area (Å²) in [5, 5.41) is 12.6. The molecular formula is C16H21NO3. The van der Waals surface area contributed by atoms with E-state index in [9.17, 15) is 14.7 Å². The smallest absolute Gasteiger partial charge is 0.307 e. The fraction of sp³-hybridized carbons (Fsp3) is 0.750. The maximum absolute atomic E-state index is 12.6. The second-order valence-electron chi connectivity index (χ2n) is 7.13. The SMILES string of the molecule is O=C(N[C@@H]1C[C@@H]2CC[C@@H]1C2)[C@@H]1[C@H](C(=O)O)[C@@H]2C=C[C@@H]1C2. The summed E-state index contributed by atoms with van der Waals surface area (Å²) >= 11 is 0. The van der Waals surface area contributed by atoms with Crippen LogP contribution in [0.5, 0.6) is 0 Å². The molecule has 4 heteroatoms. The third kappa shape index (κ3) is 1.73. The van der Waals surface area contributed by atoms with Crippen molar-refractivity contribution in [2.24, 2.45) is 35.5 Å². The van der Waals surface area contributed by atoms with E-state index in [2.05, 4.69) is 11.4 Å². The van der Waals surface area contributed by atoms with E-state index in [1.807, 2.05) is 6.08 Å². The highest BCUT2D eigenvalue weighted by Gasteiger charge is 2.52. The van der Waals surface area contributed by atoms with Gasteiger partial charge in [-0.1, -0.05) is 18.6 Å². The summed E-state index contributed by atoms with van der Waals surface area (Å²) in [5.74, 6) is -0.0400. The highest BCUT2D eigenvalue weighted by Crippen LogP contribution is 2.49. The zero-order valence-electron chi connectivity index (χ0n) is 11.5. The molecule has 0 spiro atoms. The van der Waals surface area contributed by atoms with Crippen LogP contribution in [0.1, 0.15) is 32.1 Å². The van der Waals surface area contributed by atoms with Gasteiger partial charge in [-0.3, -0.25) is 9.59 Å². The van der Waals surface area contributed by atoms with Crippen LogP contribution in [-0.4, -0.2) is 23.0 Å². The molecule has 0 saturated heterocycles. The van der Waals surface area contributed by atoms with Gasteiger partial charge in [0.05, 0.1) is 11.8 Å². The second-order valence-corrected chi connectivity index (χ2v) is 7.13. The molecular weight excluding hydrogens is 254 g/mol. The Hall–Kier alpha value is -1.32. The Morgan fingerprint density at radius 3 is 2.35 bits per heavy atom. The summed E-state index contributed by atoms with van der Waals surface area (Å²) in [6.07, 6.45) is 9.78. The number of allylic oxidation sites excluding steroid dienone is 2. The maximum atomic E-state index is 12.6. The molecule has 0 aliphatic heterocycles. The van der Waals surface area contributed by atoms with Crippen LogP contribution >= 0.6 is 0 Å². The number of nitrogens with one attached hydrogen (secondary N) is 1. The van der Waals surface area contributed by atoms with E-state index in [-0.39, 0.29) is 23.7 Å². The molecule has 0 aromatic heterocycles. The maximum Gasteiger partial charge on any atom is 0.307 e. The second kappa shape index (κ2) is 4.34. The number of carboxylic acids is 1. The summed E-state index contributed by atoms with van der Waals surface area (Å²) in [7, 11) is 0. The minimum absolute atomic E-state index is 0.00759. The van der Waals surface area contributed by atoms with Gasteiger partial charge in [0.2, 0.25) is 5.91 Å². The minimum Gasteiger partial charge on any atom is -0.481 e. The van der Waals surface area contributed by atoms with Crippen LogP contribution < -0.4 is 5.32 Å². The van der Waals surface area contributed by atoms with E-state index in [4.69, 9.17) is 0 Å². The lowest BCUT2D eigenvalue weighted by atomic mass is 9.82. The average Bonchev–Trinajstić information content (AvgIpc) is 3.16. The monoisotopic (exact) mass is 275 g/mol. The lowest BCUT2D eigenvalue weighted by Crippen LogP contribution is -2.46. The van der Waals surface area contributed by atoms with Gasteiger partial charge in [0, 0.05) is 6.04 Å². The Bertz CT molecular complexity index is 486. The Balaban J connectivity index is 1.48. The summed E-state index contributed by atoms with van der Waals surface area (Å²) < 4.78 is 0. The Labute approximate surface area is 118 Å². The lowest BCUT2D eigenvalue weighted by molar-refractivity contribution is -0.148. The predicted octanol–water partition coefficient (Wildman–Crippen LogP) is 1.81. The first-order valence-electron chi connectivity index (χ1n) is 7.85. The molecule has 0 heterocycles. The zero-order chi connectivity index (χ0) is 13.9. The van der Waals surface area contributed by atoms with E-state index in [1.54, 1.807) is 0 Å². The summed E-state index contributed by atoms with van der Waals surface area (Å²) in [6, 6.07) is 0.304. The molecule has 4 rings (SSSR count). The van der Waals surface area contributed by atoms with Gasteiger partial charge in [0.25, 0.3) is 0 Å². The first kappa shape index (κ1) is 12.4. The van der Waals surface area contributed by atoms with Crippen molar-refractivity contribution in [2.75, 3.05) is 0 Å². The van der Waals surface area contributed by atoms with E-state index in [0.717, 1.165) is 18.8 Å². The lowest BCUT2D eigenvalue weighted by Gasteiger charge is -2.28. The molecule has 20 heavy (non-hydrogen) atoms. The standard InChI is InChI=1S/C16H21NO3/c18-15(17-12-6-8-1-2-9(12)5-8)13-10-3-4-11(7-10)14(13)16(19)20/h3-4,8-14H,1-2,5-7H2,(H,17,18)(H,19,20)/t8-,9-,10-,11-,12-,13+,14-/m1/s1. The third-order valence-electron chi connectivity index (χ3n) is 6.11. The van der Waals surface area contributed by atoms with E-state index in [0.29, 0.717) is 12.0 Å². The van der Waals surface area contributed by atoms with Crippen molar-refractivity contribution in [3.8, 4) is 0 Å². The number of hydrogen-bond acceptors (Lipinski definition) is 2. The minimum atomic E-state index is -0.810. The van der Waals surface area contributed by atoms with Crippen molar-refractivity contribution >= 4 is 11.9 Å². The molecule has 4 aliphatic rings. The molecule has 0 radical (unpaired) electrons. The molecule has 4 bridgehead atoms. The van der Waals surface area contributed by atoms with Gasteiger partial charge >= 0.3 is 5.97 Å². The van der Waals surface area contributed by atoms with Crippen LogP contribution in [0.15, 0.2) is 12.2 Å². The highest BCUT2D eigenvalue weighted by molar-refractivity contribution is 5.87. The molecule has 2 N–H and O–H groups in total. The number of carbonyl (C=O) groups is 2. The fourth-order valence-corrected chi connectivity index (χ4v) is 5.22. The topological polar surface area (TPSA) is 66.4 Å². The molecule has 0 unspecified atom stereocenters. The number of fused-ring (bicyclic) bond motifs is 4. The normalized spacial score (nSPS) is 47.9. The predicted molar refractivity (Wildman–Crippen MR) is 72.7 cm³/mol. The van der Waals surface area contributed by atoms with Gasteiger partial charge in [-0.2, -0.15) is 0 Å².